The Morgan fingerprint density at radius 1 is 1.25 bits per heavy atom. The third-order valence-corrected chi connectivity index (χ3v) is 5.67. The Hall–Kier alpha value is -2.79. The SMILES string of the molecule is Cc1nc(OCCNS(=O)(=O)c2cccc([N+](=O)[O-])c2)cc(N2CCCC2)n1. The lowest BCUT2D eigenvalue weighted by Gasteiger charge is -2.17. The van der Waals surface area contributed by atoms with Crippen molar-refractivity contribution in [2.75, 3.05) is 31.1 Å². The summed E-state index contributed by atoms with van der Waals surface area (Å²) in [5.41, 5.74) is -0.287. The van der Waals surface area contributed by atoms with E-state index in [2.05, 4.69) is 19.6 Å². The number of hydrogen-bond acceptors (Lipinski definition) is 8. The highest BCUT2D eigenvalue weighted by molar-refractivity contribution is 7.89. The number of aromatic nitrogens is 2. The normalized spacial score (nSPS) is 14.2. The molecule has 0 saturated carbocycles. The van der Waals surface area contributed by atoms with E-state index in [4.69, 9.17) is 4.74 Å². The van der Waals surface area contributed by atoms with Gasteiger partial charge in [0.1, 0.15) is 18.2 Å². The van der Waals surface area contributed by atoms with Gasteiger partial charge in [-0.25, -0.2) is 18.1 Å². The van der Waals surface area contributed by atoms with E-state index in [1.165, 1.54) is 18.2 Å². The molecule has 0 amide bonds. The standard InChI is InChI=1S/C17H21N5O5S/c1-13-19-16(21-8-2-3-9-21)12-17(20-13)27-10-7-18-28(25,26)15-6-4-5-14(11-15)22(23)24/h4-6,11-12,18H,2-3,7-10H2,1H3. The van der Waals surface area contributed by atoms with Gasteiger partial charge in [-0.05, 0) is 25.8 Å². The maximum Gasteiger partial charge on any atom is 0.270 e. The van der Waals surface area contributed by atoms with Gasteiger partial charge in [-0.1, -0.05) is 6.07 Å². The topological polar surface area (TPSA) is 128 Å². The number of hydrogen-bond donors (Lipinski definition) is 1. The summed E-state index contributed by atoms with van der Waals surface area (Å²) in [7, 11) is -3.88. The molecule has 0 atom stereocenters. The number of aryl methyl sites for hydroxylation is 1. The lowest BCUT2D eigenvalue weighted by molar-refractivity contribution is -0.385. The first kappa shape index (κ1) is 20.0. The lowest BCUT2D eigenvalue weighted by Crippen LogP contribution is -2.28. The molecule has 3 rings (SSSR count). The molecule has 1 aromatic heterocycles. The lowest BCUT2D eigenvalue weighted by atomic mass is 10.3. The minimum Gasteiger partial charge on any atom is -0.476 e. The van der Waals surface area contributed by atoms with Gasteiger partial charge in [0, 0.05) is 37.8 Å². The fourth-order valence-electron chi connectivity index (χ4n) is 2.89. The number of nitro benzene ring substituents is 1. The van der Waals surface area contributed by atoms with Gasteiger partial charge in [0.25, 0.3) is 5.69 Å². The van der Waals surface area contributed by atoms with Crippen LogP contribution in [0.2, 0.25) is 0 Å². The maximum atomic E-state index is 12.3. The second kappa shape index (κ2) is 8.48. The number of non-ortho nitro benzene ring substituents is 1. The Bertz CT molecular complexity index is 960. The summed E-state index contributed by atoms with van der Waals surface area (Å²) >= 11 is 0. The molecule has 2 aromatic rings. The molecule has 0 aliphatic carbocycles. The van der Waals surface area contributed by atoms with Crippen molar-refractivity contribution in [3.63, 3.8) is 0 Å². The van der Waals surface area contributed by atoms with Crippen LogP contribution in [0.1, 0.15) is 18.7 Å². The number of sulfonamides is 1. The minimum atomic E-state index is -3.88. The fraction of sp³-hybridized carbons (Fsp3) is 0.412. The number of benzene rings is 1. The molecule has 28 heavy (non-hydrogen) atoms. The summed E-state index contributed by atoms with van der Waals surface area (Å²) in [6.07, 6.45) is 2.25. The summed E-state index contributed by atoms with van der Waals surface area (Å²) in [5, 5.41) is 10.8. The second-order valence-electron chi connectivity index (χ2n) is 6.31. The first-order valence-corrected chi connectivity index (χ1v) is 10.3. The minimum absolute atomic E-state index is 0.00682. The number of nitrogens with one attached hydrogen (secondary N) is 1. The molecule has 0 bridgehead atoms. The van der Waals surface area contributed by atoms with Crippen molar-refractivity contribution < 1.29 is 18.1 Å². The van der Waals surface area contributed by atoms with Crippen LogP contribution in [0.3, 0.4) is 0 Å². The zero-order valence-electron chi connectivity index (χ0n) is 15.4. The van der Waals surface area contributed by atoms with Crippen LogP contribution in [0, 0.1) is 17.0 Å². The molecule has 1 aromatic carbocycles. The summed E-state index contributed by atoms with van der Waals surface area (Å²) in [5.74, 6) is 1.76. The Kier molecular flexibility index (Phi) is 6.05. The zero-order valence-corrected chi connectivity index (χ0v) is 16.2. The predicted molar refractivity (Wildman–Crippen MR) is 102 cm³/mol. The van der Waals surface area contributed by atoms with Crippen LogP contribution in [-0.2, 0) is 10.0 Å². The van der Waals surface area contributed by atoms with Crippen LogP contribution in [0.15, 0.2) is 35.2 Å². The van der Waals surface area contributed by atoms with Gasteiger partial charge < -0.3 is 9.64 Å². The Morgan fingerprint density at radius 2 is 2.00 bits per heavy atom. The highest BCUT2D eigenvalue weighted by Crippen LogP contribution is 2.21. The molecule has 1 N–H and O–H groups in total. The molecule has 10 nitrogen and oxygen atoms in total. The van der Waals surface area contributed by atoms with Gasteiger partial charge in [0.2, 0.25) is 15.9 Å². The van der Waals surface area contributed by atoms with E-state index in [1.807, 2.05) is 0 Å². The quantitative estimate of drug-likeness (QED) is 0.397. The number of nitro groups is 1. The van der Waals surface area contributed by atoms with Crippen molar-refractivity contribution in [1.29, 1.82) is 0 Å². The summed E-state index contributed by atoms with van der Waals surface area (Å²) in [6, 6.07) is 6.61. The first-order chi connectivity index (χ1) is 13.3. The molecule has 0 spiro atoms. The van der Waals surface area contributed by atoms with Gasteiger partial charge >= 0.3 is 0 Å². The van der Waals surface area contributed by atoms with Crippen LogP contribution < -0.4 is 14.4 Å². The summed E-state index contributed by atoms with van der Waals surface area (Å²) in [6.45, 7) is 3.71. The van der Waals surface area contributed by atoms with Crippen molar-refractivity contribution >= 4 is 21.5 Å². The maximum absolute atomic E-state index is 12.3. The van der Waals surface area contributed by atoms with Crippen LogP contribution in [0.4, 0.5) is 11.5 Å². The highest BCUT2D eigenvalue weighted by atomic mass is 32.2. The first-order valence-electron chi connectivity index (χ1n) is 8.83. The second-order valence-corrected chi connectivity index (χ2v) is 8.07. The number of ether oxygens (including phenoxy) is 1. The van der Waals surface area contributed by atoms with Gasteiger partial charge in [-0.2, -0.15) is 4.98 Å². The van der Waals surface area contributed by atoms with E-state index < -0.39 is 14.9 Å². The smallest absolute Gasteiger partial charge is 0.270 e. The molecule has 0 radical (unpaired) electrons. The largest absolute Gasteiger partial charge is 0.476 e. The van der Waals surface area contributed by atoms with Gasteiger partial charge in [-0.3, -0.25) is 10.1 Å². The van der Waals surface area contributed by atoms with Crippen LogP contribution in [0.25, 0.3) is 0 Å². The monoisotopic (exact) mass is 407 g/mol. The van der Waals surface area contributed by atoms with E-state index in [1.54, 1.807) is 13.0 Å². The number of anilines is 1. The molecule has 1 saturated heterocycles. The van der Waals surface area contributed by atoms with Gasteiger partial charge in [0.05, 0.1) is 9.82 Å². The predicted octanol–water partition coefficient (Wildman–Crippen LogP) is 1.65. The summed E-state index contributed by atoms with van der Waals surface area (Å²) in [4.78, 5) is 20.8. The van der Waals surface area contributed by atoms with Crippen molar-refractivity contribution in [2.24, 2.45) is 0 Å². The molecule has 150 valence electrons. The van der Waals surface area contributed by atoms with E-state index in [-0.39, 0.29) is 23.7 Å². The third-order valence-electron chi connectivity index (χ3n) is 4.21. The Morgan fingerprint density at radius 3 is 2.71 bits per heavy atom. The molecule has 0 unspecified atom stereocenters. The van der Waals surface area contributed by atoms with Crippen molar-refractivity contribution in [1.82, 2.24) is 14.7 Å². The number of nitrogens with zero attached hydrogens (tertiary/aromatic N) is 4. The van der Waals surface area contributed by atoms with Crippen molar-refractivity contribution in [3.8, 4) is 5.88 Å². The average molecular weight is 407 g/mol. The van der Waals surface area contributed by atoms with Crippen LogP contribution in [-0.4, -0.2) is 49.6 Å². The van der Waals surface area contributed by atoms with E-state index >= 15 is 0 Å². The molecular weight excluding hydrogens is 386 g/mol. The van der Waals surface area contributed by atoms with Crippen molar-refractivity contribution in [2.45, 2.75) is 24.7 Å². The molecule has 2 heterocycles. The van der Waals surface area contributed by atoms with Crippen LogP contribution in [0.5, 0.6) is 5.88 Å². The van der Waals surface area contributed by atoms with Crippen molar-refractivity contribution in [3.05, 3.63) is 46.3 Å². The van der Waals surface area contributed by atoms with E-state index in [0.29, 0.717) is 11.7 Å². The molecular formula is C17H21N5O5S. The Labute approximate surface area is 162 Å². The zero-order chi connectivity index (χ0) is 20.1. The molecule has 1 aliphatic rings. The van der Waals surface area contributed by atoms with E-state index in [0.717, 1.165) is 37.8 Å². The third kappa shape index (κ3) is 4.93. The highest BCUT2D eigenvalue weighted by Gasteiger charge is 2.18. The average Bonchev–Trinajstić information content (AvgIpc) is 3.20. The fourth-order valence-corrected chi connectivity index (χ4v) is 3.94. The molecule has 1 aliphatic heterocycles. The van der Waals surface area contributed by atoms with Gasteiger partial charge in [-0.15, -0.1) is 0 Å². The molecule has 11 heteroatoms. The number of rotatable bonds is 8. The van der Waals surface area contributed by atoms with E-state index in [9.17, 15) is 18.5 Å². The Balaban J connectivity index is 1.58. The summed E-state index contributed by atoms with van der Waals surface area (Å²) < 4.78 is 32.5. The molecule has 1 fully saturated rings. The van der Waals surface area contributed by atoms with Gasteiger partial charge in [0.15, 0.2) is 0 Å². The van der Waals surface area contributed by atoms with Crippen LogP contribution >= 0.6 is 0 Å².